The SMILES string of the molecule is CCC(N)Cc1cc(Cl)ccc1OCC1CCC1. The van der Waals surface area contributed by atoms with Gasteiger partial charge in [0.1, 0.15) is 5.75 Å². The fourth-order valence-corrected chi connectivity index (χ4v) is 2.34. The standard InChI is InChI=1S/C15H22ClNO/c1-2-14(17)9-12-8-13(16)6-7-15(12)18-10-11-4-3-5-11/h6-8,11,14H,2-5,9-10,17H2,1H3. The highest BCUT2D eigenvalue weighted by atomic mass is 35.5. The molecule has 1 aromatic rings. The maximum absolute atomic E-state index is 6.05. The van der Waals surface area contributed by atoms with Crippen molar-refractivity contribution in [3.63, 3.8) is 0 Å². The summed E-state index contributed by atoms with van der Waals surface area (Å²) < 4.78 is 5.93. The molecule has 0 spiro atoms. The molecule has 0 heterocycles. The smallest absolute Gasteiger partial charge is 0.122 e. The Kier molecular flexibility index (Phi) is 4.90. The lowest BCUT2D eigenvalue weighted by molar-refractivity contribution is 0.179. The molecule has 100 valence electrons. The monoisotopic (exact) mass is 267 g/mol. The van der Waals surface area contributed by atoms with Gasteiger partial charge in [-0.25, -0.2) is 0 Å². The first-order valence-corrected chi connectivity index (χ1v) is 7.23. The van der Waals surface area contributed by atoms with Crippen molar-refractivity contribution in [2.75, 3.05) is 6.61 Å². The summed E-state index contributed by atoms with van der Waals surface area (Å²) >= 11 is 6.05. The molecule has 1 aliphatic carbocycles. The summed E-state index contributed by atoms with van der Waals surface area (Å²) in [6, 6.07) is 6.01. The van der Waals surface area contributed by atoms with Gasteiger partial charge in [-0.1, -0.05) is 24.9 Å². The van der Waals surface area contributed by atoms with Crippen molar-refractivity contribution in [1.29, 1.82) is 0 Å². The Hall–Kier alpha value is -0.730. The first-order chi connectivity index (χ1) is 8.69. The van der Waals surface area contributed by atoms with Crippen LogP contribution in [0.3, 0.4) is 0 Å². The number of benzene rings is 1. The largest absolute Gasteiger partial charge is 0.493 e. The summed E-state index contributed by atoms with van der Waals surface area (Å²) in [5.74, 6) is 1.70. The van der Waals surface area contributed by atoms with Crippen molar-refractivity contribution in [3.05, 3.63) is 28.8 Å². The van der Waals surface area contributed by atoms with Gasteiger partial charge >= 0.3 is 0 Å². The van der Waals surface area contributed by atoms with Crippen LogP contribution < -0.4 is 10.5 Å². The Morgan fingerprint density at radius 3 is 2.83 bits per heavy atom. The second kappa shape index (κ2) is 6.44. The molecule has 1 unspecified atom stereocenters. The van der Waals surface area contributed by atoms with E-state index in [-0.39, 0.29) is 6.04 Å². The predicted molar refractivity (Wildman–Crippen MR) is 76.3 cm³/mol. The molecule has 0 aromatic heterocycles. The molecular weight excluding hydrogens is 246 g/mol. The van der Waals surface area contributed by atoms with E-state index in [9.17, 15) is 0 Å². The molecule has 2 N–H and O–H groups in total. The predicted octanol–water partition coefficient (Wildman–Crippen LogP) is 3.80. The zero-order chi connectivity index (χ0) is 13.0. The molecule has 0 bridgehead atoms. The van der Waals surface area contributed by atoms with Crippen LogP contribution in [0.1, 0.15) is 38.2 Å². The van der Waals surface area contributed by atoms with Crippen molar-refractivity contribution in [2.24, 2.45) is 11.7 Å². The zero-order valence-corrected chi connectivity index (χ0v) is 11.7. The molecule has 1 aromatic carbocycles. The van der Waals surface area contributed by atoms with Crippen LogP contribution in [0.5, 0.6) is 5.75 Å². The number of rotatable bonds is 6. The Balaban J connectivity index is 2.01. The summed E-state index contributed by atoms with van der Waals surface area (Å²) in [6.07, 6.45) is 5.75. The lowest BCUT2D eigenvalue weighted by atomic mass is 9.86. The number of nitrogens with two attached hydrogens (primary N) is 1. The molecule has 0 radical (unpaired) electrons. The third kappa shape index (κ3) is 3.63. The second-order valence-electron chi connectivity index (χ2n) is 5.23. The van der Waals surface area contributed by atoms with Crippen LogP contribution >= 0.6 is 11.6 Å². The number of hydrogen-bond acceptors (Lipinski definition) is 2. The van der Waals surface area contributed by atoms with E-state index in [1.54, 1.807) is 0 Å². The summed E-state index contributed by atoms with van der Waals surface area (Å²) in [4.78, 5) is 0. The molecular formula is C15H22ClNO. The highest BCUT2D eigenvalue weighted by Gasteiger charge is 2.18. The van der Waals surface area contributed by atoms with E-state index < -0.39 is 0 Å². The van der Waals surface area contributed by atoms with Crippen LogP contribution in [-0.4, -0.2) is 12.6 Å². The van der Waals surface area contributed by atoms with Gasteiger partial charge in [-0.3, -0.25) is 0 Å². The average molecular weight is 268 g/mol. The minimum absolute atomic E-state index is 0.175. The molecule has 18 heavy (non-hydrogen) atoms. The fourth-order valence-electron chi connectivity index (χ4n) is 2.14. The van der Waals surface area contributed by atoms with Crippen LogP contribution in [0, 0.1) is 5.92 Å². The van der Waals surface area contributed by atoms with Crippen molar-refractivity contribution in [1.82, 2.24) is 0 Å². The van der Waals surface area contributed by atoms with Crippen molar-refractivity contribution in [2.45, 2.75) is 45.1 Å². The Morgan fingerprint density at radius 2 is 2.22 bits per heavy atom. The summed E-state index contributed by atoms with van der Waals surface area (Å²) in [5, 5.41) is 0.754. The normalized spacial score (nSPS) is 17.3. The lowest BCUT2D eigenvalue weighted by Crippen LogP contribution is -2.23. The molecule has 0 amide bonds. The van der Waals surface area contributed by atoms with Gasteiger partial charge in [-0.15, -0.1) is 0 Å². The summed E-state index contributed by atoms with van der Waals surface area (Å²) in [7, 11) is 0. The van der Waals surface area contributed by atoms with Gasteiger partial charge < -0.3 is 10.5 Å². The van der Waals surface area contributed by atoms with Crippen LogP contribution in [0.2, 0.25) is 5.02 Å². The third-order valence-electron chi connectivity index (χ3n) is 3.73. The van der Waals surface area contributed by atoms with Gasteiger partial charge in [0.25, 0.3) is 0 Å². The van der Waals surface area contributed by atoms with E-state index in [2.05, 4.69) is 6.92 Å². The Bertz CT molecular complexity index is 390. The van der Waals surface area contributed by atoms with Crippen LogP contribution in [-0.2, 0) is 6.42 Å². The minimum atomic E-state index is 0.175. The van der Waals surface area contributed by atoms with Gasteiger partial charge in [0.05, 0.1) is 6.61 Å². The molecule has 1 saturated carbocycles. The topological polar surface area (TPSA) is 35.2 Å². The maximum Gasteiger partial charge on any atom is 0.122 e. The van der Waals surface area contributed by atoms with Crippen LogP contribution in [0.15, 0.2) is 18.2 Å². The van der Waals surface area contributed by atoms with E-state index in [1.165, 1.54) is 19.3 Å². The fraction of sp³-hybridized carbons (Fsp3) is 0.600. The molecule has 1 atom stereocenters. The summed E-state index contributed by atoms with van der Waals surface area (Å²) in [5.41, 5.74) is 7.15. The highest BCUT2D eigenvalue weighted by molar-refractivity contribution is 6.30. The molecule has 0 saturated heterocycles. The zero-order valence-electron chi connectivity index (χ0n) is 11.0. The number of ether oxygens (including phenoxy) is 1. The van der Waals surface area contributed by atoms with E-state index in [4.69, 9.17) is 22.1 Å². The average Bonchev–Trinajstić information content (AvgIpc) is 2.29. The molecule has 0 aliphatic heterocycles. The second-order valence-corrected chi connectivity index (χ2v) is 5.67. The minimum Gasteiger partial charge on any atom is -0.493 e. The maximum atomic E-state index is 6.05. The first-order valence-electron chi connectivity index (χ1n) is 6.86. The van der Waals surface area contributed by atoms with Crippen molar-refractivity contribution < 1.29 is 4.74 Å². The van der Waals surface area contributed by atoms with Gasteiger partial charge in [0.15, 0.2) is 0 Å². The molecule has 2 rings (SSSR count). The van der Waals surface area contributed by atoms with Gasteiger partial charge in [0.2, 0.25) is 0 Å². The van der Waals surface area contributed by atoms with Crippen molar-refractivity contribution >= 4 is 11.6 Å². The highest BCUT2D eigenvalue weighted by Crippen LogP contribution is 2.29. The van der Waals surface area contributed by atoms with Gasteiger partial charge in [-0.05, 0) is 55.4 Å². The van der Waals surface area contributed by atoms with Crippen LogP contribution in [0.25, 0.3) is 0 Å². The molecule has 1 aliphatic rings. The van der Waals surface area contributed by atoms with E-state index in [0.717, 1.165) is 41.7 Å². The summed E-state index contributed by atoms with van der Waals surface area (Å²) in [6.45, 7) is 2.93. The lowest BCUT2D eigenvalue weighted by Gasteiger charge is -2.26. The third-order valence-corrected chi connectivity index (χ3v) is 3.96. The quantitative estimate of drug-likeness (QED) is 0.851. The van der Waals surface area contributed by atoms with E-state index in [1.807, 2.05) is 18.2 Å². The number of hydrogen-bond donors (Lipinski definition) is 1. The van der Waals surface area contributed by atoms with Crippen LogP contribution in [0.4, 0.5) is 0 Å². The molecule has 1 fully saturated rings. The van der Waals surface area contributed by atoms with Gasteiger partial charge in [-0.2, -0.15) is 0 Å². The van der Waals surface area contributed by atoms with Gasteiger partial charge in [0, 0.05) is 11.1 Å². The molecule has 3 heteroatoms. The Morgan fingerprint density at radius 1 is 1.44 bits per heavy atom. The van der Waals surface area contributed by atoms with E-state index >= 15 is 0 Å². The first kappa shape index (κ1) is 13.7. The van der Waals surface area contributed by atoms with Crippen molar-refractivity contribution in [3.8, 4) is 5.75 Å². The van der Waals surface area contributed by atoms with E-state index in [0.29, 0.717) is 0 Å². The number of halogens is 1. The Labute approximate surface area is 114 Å². The molecule has 2 nitrogen and oxygen atoms in total.